The zero-order valence-electron chi connectivity index (χ0n) is 23.8. The van der Waals surface area contributed by atoms with Crippen LogP contribution in [-0.2, 0) is 9.59 Å². The van der Waals surface area contributed by atoms with Gasteiger partial charge < -0.3 is 15.3 Å². The molecule has 1 aromatic carbocycles. The Morgan fingerprint density at radius 3 is 2.16 bits per heavy atom. The van der Waals surface area contributed by atoms with Crippen molar-refractivity contribution in [3.8, 4) is 0 Å². The summed E-state index contributed by atoms with van der Waals surface area (Å²) in [7, 11) is 0. The number of alkyl halides is 1. The van der Waals surface area contributed by atoms with E-state index in [4.69, 9.17) is 0 Å². The number of aliphatic hydroxyl groups excluding tert-OH is 1. The minimum absolute atomic E-state index is 0. The Morgan fingerprint density at radius 1 is 0.921 bits per heavy atom. The molecule has 3 aliphatic rings. The number of hydrogen-bond donors (Lipinski definition) is 2. The van der Waals surface area contributed by atoms with Crippen molar-refractivity contribution in [2.45, 2.75) is 135 Å². The molecule has 4 rings (SSSR count). The van der Waals surface area contributed by atoms with Gasteiger partial charge in [-0.25, -0.2) is 4.39 Å². The molecule has 2 amide bonds. The molecule has 5 nitrogen and oxygen atoms in total. The Balaban J connectivity index is 0.00000174. The lowest BCUT2D eigenvalue weighted by atomic mass is 9.84. The molecule has 0 heterocycles. The Labute approximate surface area is 231 Å². The van der Waals surface area contributed by atoms with Gasteiger partial charge in [-0.05, 0) is 88.0 Å². The third-order valence-electron chi connectivity index (χ3n) is 8.82. The van der Waals surface area contributed by atoms with Crippen LogP contribution >= 0.6 is 0 Å². The van der Waals surface area contributed by atoms with E-state index in [2.05, 4.69) is 5.32 Å². The molecule has 38 heavy (non-hydrogen) atoms. The van der Waals surface area contributed by atoms with Crippen molar-refractivity contribution >= 4 is 11.8 Å². The number of benzene rings is 1. The normalized spacial score (nSPS) is 26.9. The van der Waals surface area contributed by atoms with Gasteiger partial charge in [-0.2, -0.15) is 0 Å². The maximum Gasteiger partial charge on any atom is 0.247 e. The Kier molecular flexibility index (Phi) is 13.1. The SMILES string of the molecule is CC.O=C(NCC1CCC(F)CC1)C(c1ccccc1)N(C(=O)CCC1CCC(O)CC1)C1CCCCC1.[HH]. The summed E-state index contributed by atoms with van der Waals surface area (Å²) in [5.41, 5.74) is 0.863. The maximum absolute atomic E-state index is 13.9. The molecule has 6 heteroatoms. The number of nitrogens with one attached hydrogen (secondary N) is 1. The molecule has 0 bridgehead atoms. The zero-order valence-corrected chi connectivity index (χ0v) is 23.8. The minimum Gasteiger partial charge on any atom is -0.393 e. The quantitative estimate of drug-likeness (QED) is 0.355. The molecule has 0 spiro atoms. The first kappa shape index (κ1) is 30.6. The molecule has 0 aromatic heterocycles. The predicted molar refractivity (Wildman–Crippen MR) is 153 cm³/mol. The van der Waals surface area contributed by atoms with Crippen LogP contribution in [0.4, 0.5) is 4.39 Å². The van der Waals surface area contributed by atoms with Crippen LogP contribution in [0.1, 0.15) is 123 Å². The Hall–Kier alpha value is -1.95. The summed E-state index contributed by atoms with van der Waals surface area (Å²) in [6.07, 6.45) is 12.0. The van der Waals surface area contributed by atoms with E-state index in [0.29, 0.717) is 37.6 Å². The van der Waals surface area contributed by atoms with Crippen molar-refractivity contribution in [3.63, 3.8) is 0 Å². The largest absolute Gasteiger partial charge is 0.393 e. The van der Waals surface area contributed by atoms with E-state index < -0.39 is 12.2 Å². The number of carbonyl (C=O) groups excluding carboxylic acids is 2. The number of halogens is 1. The summed E-state index contributed by atoms with van der Waals surface area (Å²) < 4.78 is 13.6. The molecule has 0 radical (unpaired) electrons. The van der Waals surface area contributed by atoms with Gasteiger partial charge in [0.25, 0.3) is 0 Å². The van der Waals surface area contributed by atoms with E-state index in [1.165, 1.54) is 6.42 Å². The molecule has 2 N–H and O–H groups in total. The molecule has 3 saturated carbocycles. The summed E-state index contributed by atoms with van der Waals surface area (Å²) in [5.74, 6) is 0.747. The first-order valence-corrected chi connectivity index (χ1v) is 15.5. The molecule has 216 valence electrons. The molecule has 1 atom stereocenters. The van der Waals surface area contributed by atoms with E-state index >= 15 is 0 Å². The second kappa shape index (κ2) is 16.2. The van der Waals surface area contributed by atoms with Crippen LogP contribution in [0.2, 0.25) is 0 Å². The lowest BCUT2D eigenvalue weighted by Gasteiger charge is -2.40. The van der Waals surface area contributed by atoms with Gasteiger partial charge in [0.05, 0.1) is 6.10 Å². The molecule has 1 unspecified atom stereocenters. The van der Waals surface area contributed by atoms with Crippen LogP contribution in [0.3, 0.4) is 0 Å². The summed E-state index contributed by atoms with van der Waals surface area (Å²) in [6, 6.07) is 9.20. The van der Waals surface area contributed by atoms with Crippen molar-refractivity contribution in [2.24, 2.45) is 11.8 Å². The van der Waals surface area contributed by atoms with Crippen LogP contribution in [0.5, 0.6) is 0 Å². The van der Waals surface area contributed by atoms with E-state index in [-0.39, 0.29) is 25.4 Å². The highest BCUT2D eigenvalue weighted by Gasteiger charge is 2.37. The molecule has 0 saturated heterocycles. The molecular formula is C32H53FN2O3. The van der Waals surface area contributed by atoms with E-state index in [1.807, 2.05) is 49.1 Å². The van der Waals surface area contributed by atoms with Crippen molar-refractivity contribution in [2.75, 3.05) is 6.54 Å². The van der Waals surface area contributed by atoms with Crippen LogP contribution in [0.25, 0.3) is 0 Å². The third kappa shape index (κ3) is 9.07. The number of hydrogen-bond acceptors (Lipinski definition) is 3. The molecule has 3 fully saturated rings. The number of amides is 2. The summed E-state index contributed by atoms with van der Waals surface area (Å²) in [6.45, 7) is 4.55. The fourth-order valence-corrected chi connectivity index (χ4v) is 6.55. The summed E-state index contributed by atoms with van der Waals surface area (Å²) in [5, 5.41) is 13.0. The highest BCUT2D eigenvalue weighted by atomic mass is 19.1. The average Bonchev–Trinajstić information content (AvgIpc) is 2.97. The van der Waals surface area contributed by atoms with Gasteiger partial charge in [0.1, 0.15) is 12.2 Å². The Morgan fingerprint density at radius 2 is 1.53 bits per heavy atom. The first-order valence-electron chi connectivity index (χ1n) is 15.5. The second-order valence-electron chi connectivity index (χ2n) is 11.5. The van der Waals surface area contributed by atoms with Gasteiger partial charge >= 0.3 is 0 Å². The lowest BCUT2D eigenvalue weighted by molar-refractivity contribution is -0.145. The number of aliphatic hydroxyl groups is 1. The molecule has 0 aliphatic heterocycles. The number of rotatable bonds is 9. The number of carbonyl (C=O) groups is 2. The topological polar surface area (TPSA) is 69.6 Å². The van der Waals surface area contributed by atoms with Crippen molar-refractivity contribution in [1.29, 1.82) is 0 Å². The standard InChI is InChI=1S/C30H45FN2O3.C2H6.H2/c31-25-16-11-23(12-17-25)21-32-30(36)29(24-7-3-1-4-8-24)33(26-9-5-2-6-10-26)28(35)20-15-22-13-18-27(34)19-14-22;1-2;/h1,3-4,7-8,22-23,25-27,29,34H,2,5-6,9-21H2,(H,32,36);1-2H3;1H. The van der Waals surface area contributed by atoms with Crippen molar-refractivity contribution in [1.82, 2.24) is 10.2 Å². The second-order valence-corrected chi connectivity index (χ2v) is 11.5. The smallest absolute Gasteiger partial charge is 0.247 e. The summed E-state index contributed by atoms with van der Waals surface area (Å²) in [4.78, 5) is 29.6. The van der Waals surface area contributed by atoms with E-state index in [0.717, 1.165) is 76.2 Å². The third-order valence-corrected chi connectivity index (χ3v) is 8.82. The van der Waals surface area contributed by atoms with Gasteiger partial charge in [0.15, 0.2) is 0 Å². The van der Waals surface area contributed by atoms with Crippen molar-refractivity contribution < 1.29 is 20.5 Å². The highest BCUT2D eigenvalue weighted by Crippen LogP contribution is 2.34. The zero-order chi connectivity index (χ0) is 27.3. The molecular weight excluding hydrogens is 479 g/mol. The van der Waals surface area contributed by atoms with Gasteiger partial charge in [0.2, 0.25) is 11.8 Å². The fraction of sp³-hybridized carbons (Fsp3) is 0.750. The highest BCUT2D eigenvalue weighted by molar-refractivity contribution is 5.89. The summed E-state index contributed by atoms with van der Waals surface area (Å²) >= 11 is 0. The fourth-order valence-electron chi connectivity index (χ4n) is 6.55. The van der Waals surface area contributed by atoms with Gasteiger partial charge in [0, 0.05) is 20.4 Å². The first-order chi connectivity index (χ1) is 18.5. The minimum atomic E-state index is -0.708. The Bertz CT molecular complexity index is 820. The molecule has 1 aromatic rings. The van der Waals surface area contributed by atoms with Gasteiger partial charge in [-0.1, -0.05) is 63.4 Å². The van der Waals surface area contributed by atoms with Crippen molar-refractivity contribution in [3.05, 3.63) is 35.9 Å². The number of nitrogens with zero attached hydrogens (tertiary/aromatic N) is 1. The van der Waals surface area contributed by atoms with Gasteiger partial charge in [-0.3, -0.25) is 9.59 Å². The van der Waals surface area contributed by atoms with Crippen LogP contribution < -0.4 is 5.32 Å². The lowest BCUT2D eigenvalue weighted by Crippen LogP contribution is -2.50. The van der Waals surface area contributed by atoms with E-state index in [1.54, 1.807) is 0 Å². The monoisotopic (exact) mass is 532 g/mol. The van der Waals surface area contributed by atoms with Crippen LogP contribution in [0.15, 0.2) is 30.3 Å². The maximum atomic E-state index is 13.9. The molecule has 3 aliphatic carbocycles. The average molecular weight is 533 g/mol. The van der Waals surface area contributed by atoms with E-state index in [9.17, 15) is 19.1 Å². The van der Waals surface area contributed by atoms with Crippen LogP contribution in [-0.4, -0.2) is 46.7 Å². The van der Waals surface area contributed by atoms with Gasteiger partial charge in [-0.15, -0.1) is 0 Å². The predicted octanol–water partition coefficient (Wildman–Crippen LogP) is 7.14. The van der Waals surface area contributed by atoms with Crippen LogP contribution in [0, 0.1) is 11.8 Å².